The summed E-state index contributed by atoms with van der Waals surface area (Å²) in [4.78, 5) is 20.4. The molecule has 0 aromatic heterocycles. The molecule has 0 aliphatic carbocycles. The Bertz CT molecular complexity index is 443. The molecule has 6 heteroatoms. The van der Waals surface area contributed by atoms with E-state index >= 15 is 0 Å². The Morgan fingerprint density at radius 2 is 2.06 bits per heavy atom. The number of hydrogen-bond donors (Lipinski definition) is 1. The van der Waals surface area contributed by atoms with Gasteiger partial charge in [0.1, 0.15) is 10.2 Å². The lowest BCUT2D eigenvalue weighted by molar-refractivity contribution is -0.209. The number of phenols is 1. The first-order valence-corrected chi connectivity index (χ1v) is 5.73. The Hall–Kier alpha value is -1.01. The average Bonchev–Trinajstić information content (AvgIpc) is 2.23. The second-order valence-corrected chi connectivity index (χ2v) is 4.59. The Morgan fingerprint density at radius 1 is 1.44 bits per heavy atom. The Balaban J connectivity index is 2.85. The smallest absolute Gasteiger partial charge is 0.381 e. The van der Waals surface area contributed by atoms with Crippen molar-refractivity contribution in [2.45, 2.75) is 6.92 Å². The van der Waals surface area contributed by atoms with E-state index in [4.69, 9.17) is 4.89 Å². The highest BCUT2D eigenvalue weighted by Gasteiger charge is 2.14. The van der Waals surface area contributed by atoms with E-state index < -0.39 is 5.97 Å². The average molecular weight is 352 g/mol. The SMILES string of the molecule is C=C(C)C(=O)OOc1c(Br)ccc(O)c1Br. The van der Waals surface area contributed by atoms with Gasteiger partial charge in [0.2, 0.25) is 5.75 Å². The molecule has 86 valence electrons. The molecule has 0 fully saturated rings. The predicted molar refractivity (Wildman–Crippen MR) is 65.0 cm³/mol. The van der Waals surface area contributed by atoms with Gasteiger partial charge in [0, 0.05) is 5.57 Å². The molecule has 0 radical (unpaired) electrons. The van der Waals surface area contributed by atoms with Crippen molar-refractivity contribution in [1.29, 1.82) is 0 Å². The van der Waals surface area contributed by atoms with Crippen LogP contribution in [0.1, 0.15) is 6.92 Å². The van der Waals surface area contributed by atoms with Crippen molar-refractivity contribution in [3.63, 3.8) is 0 Å². The van der Waals surface area contributed by atoms with Crippen LogP contribution in [0.25, 0.3) is 0 Å². The maximum Gasteiger partial charge on any atom is 0.381 e. The number of benzene rings is 1. The normalized spacial score (nSPS) is 9.69. The summed E-state index contributed by atoms with van der Waals surface area (Å²) in [6.45, 7) is 4.90. The zero-order valence-electron chi connectivity index (χ0n) is 8.29. The van der Waals surface area contributed by atoms with E-state index in [0.29, 0.717) is 4.47 Å². The molecule has 0 spiro atoms. The molecule has 1 aromatic rings. The fourth-order valence-corrected chi connectivity index (χ4v) is 1.82. The summed E-state index contributed by atoms with van der Waals surface area (Å²) in [6.07, 6.45) is 0. The molecule has 0 aliphatic rings. The van der Waals surface area contributed by atoms with Crippen LogP contribution in [0.3, 0.4) is 0 Å². The zero-order chi connectivity index (χ0) is 12.3. The van der Waals surface area contributed by atoms with Crippen LogP contribution >= 0.6 is 31.9 Å². The molecule has 1 aromatic carbocycles. The van der Waals surface area contributed by atoms with Crippen LogP contribution in [0.5, 0.6) is 11.5 Å². The summed E-state index contributed by atoms with van der Waals surface area (Å²) in [5, 5.41) is 9.39. The van der Waals surface area contributed by atoms with Crippen molar-refractivity contribution in [1.82, 2.24) is 0 Å². The van der Waals surface area contributed by atoms with Crippen molar-refractivity contribution in [3.05, 3.63) is 33.2 Å². The molecule has 4 nitrogen and oxygen atoms in total. The number of carbonyl (C=O) groups is 1. The Kier molecular flexibility index (Phi) is 4.37. The Morgan fingerprint density at radius 3 is 2.62 bits per heavy atom. The van der Waals surface area contributed by atoms with E-state index in [1.165, 1.54) is 13.0 Å². The molecule has 0 saturated carbocycles. The summed E-state index contributed by atoms with van der Waals surface area (Å²) in [6, 6.07) is 3.02. The molecule has 1 N–H and O–H groups in total. The largest absolute Gasteiger partial charge is 0.507 e. The van der Waals surface area contributed by atoms with Gasteiger partial charge in [0.05, 0.1) is 4.47 Å². The highest BCUT2D eigenvalue weighted by molar-refractivity contribution is 9.11. The van der Waals surface area contributed by atoms with Crippen LogP contribution < -0.4 is 4.89 Å². The van der Waals surface area contributed by atoms with Crippen molar-refractivity contribution in [2.24, 2.45) is 0 Å². The molecule has 0 saturated heterocycles. The van der Waals surface area contributed by atoms with Crippen LogP contribution in [0.2, 0.25) is 0 Å². The molecule has 0 unspecified atom stereocenters. The topological polar surface area (TPSA) is 55.8 Å². The highest BCUT2D eigenvalue weighted by atomic mass is 79.9. The van der Waals surface area contributed by atoms with Gasteiger partial charge in [-0.25, -0.2) is 9.68 Å². The second kappa shape index (κ2) is 5.36. The number of halogens is 2. The van der Waals surface area contributed by atoms with Gasteiger partial charge in [-0.3, -0.25) is 4.89 Å². The van der Waals surface area contributed by atoms with E-state index in [1.807, 2.05) is 0 Å². The molecule has 0 amide bonds. The third-order valence-corrected chi connectivity index (χ3v) is 2.97. The van der Waals surface area contributed by atoms with Crippen molar-refractivity contribution in [2.75, 3.05) is 0 Å². The molecule has 0 atom stereocenters. The van der Waals surface area contributed by atoms with Gasteiger partial charge in [-0.15, -0.1) is 0 Å². The third kappa shape index (κ3) is 2.99. The minimum absolute atomic E-state index is 0.0235. The van der Waals surface area contributed by atoms with Crippen LogP contribution in [-0.4, -0.2) is 11.1 Å². The maximum atomic E-state index is 11.1. The zero-order valence-corrected chi connectivity index (χ0v) is 11.5. The summed E-state index contributed by atoms with van der Waals surface area (Å²) in [5.74, 6) is -0.527. The third-order valence-electron chi connectivity index (χ3n) is 1.58. The van der Waals surface area contributed by atoms with Crippen LogP contribution in [0.4, 0.5) is 0 Å². The number of carbonyl (C=O) groups excluding carboxylic acids is 1. The van der Waals surface area contributed by atoms with Gasteiger partial charge in [0.25, 0.3) is 0 Å². The summed E-state index contributed by atoms with van der Waals surface area (Å²) < 4.78 is 0.822. The molecule has 0 aliphatic heterocycles. The van der Waals surface area contributed by atoms with Gasteiger partial charge >= 0.3 is 5.97 Å². The van der Waals surface area contributed by atoms with Gasteiger partial charge in [-0.2, -0.15) is 0 Å². The molecular formula is C10H8Br2O4. The molecule has 0 heterocycles. The highest BCUT2D eigenvalue weighted by Crippen LogP contribution is 2.39. The lowest BCUT2D eigenvalue weighted by Gasteiger charge is -2.08. The maximum absolute atomic E-state index is 11.1. The standard InChI is InChI=1S/C10H8Br2O4/c1-5(2)10(14)16-15-9-6(11)3-4-7(13)8(9)12/h3-4,13H,1H2,2H3. The first kappa shape index (κ1) is 13.1. The van der Waals surface area contributed by atoms with E-state index in [9.17, 15) is 9.90 Å². The Labute approximate surface area is 109 Å². The van der Waals surface area contributed by atoms with E-state index in [2.05, 4.69) is 43.3 Å². The predicted octanol–water partition coefficient (Wildman–Crippen LogP) is 3.33. The molecular weight excluding hydrogens is 344 g/mol. The summed E-state index contributed by atoms with van der Waals surface area (Å²) >= 11 is 6.29. The summed E-state index contributed by atoms with van der Waals surface area (Å²) in [7, 11) is 0. The number of aromatic hydroxyl groups is 1. The molecule has 1 rings (SSSR count). The number of hydrogen-bond acceptors (Lipinski definition) is 4. The van der Waals surface area contributed by atoms with Crippen LogP contribution in [0.15, 0.2) is 33.2 Å². The first-order chi connectivity index (χ1) is 7.43. The van der Waals surface area contributed by atoms with E-state index in [1.54, 1.807) is 6.07 Å². The van der Waals surface area contributed by atoms with Gasteiger partial charge in [-0.1, -0.05) is 6.58 Å². The lowest BCUT2D eigenvalue weighted by atomic mass is 10.3. The number of rotatable bonds is 3. The quantitative estimate of drug-likeness (QED) is 0.515. The summed E-state index contributed by atoms with van der Waals surface area (Å²) in [5.41, 5.74) is 0.215. The fraction of sp³-hybridized carbons (Fsp3) is 0.100. The van der Waals surface area contributed by atoms with Gasteiger partial charge < -0.3 is 5.11 Å². The van der Waals surface area contributed by atoms with Gasteiger partial charge in [0.15, 0.2) is 0 Å². The van der Waals surface area contributed by atoms with Crippen molar-refractivity contribution in [3.8, 4) is 11.5 Å². The fourth-order valence-electron chi connectivity index (χ4n) is 0.749. The van der Waals surface area contributed by atoms with Crippen molar-refractivity contribution < 1.29 is 19.7 Å². The second-order valence-electron chi connectivity index (χ2n) is 2.94. The minimum Gasteiger partial charge on any atom is -0.507 e. The van der Waals surface area contributed by atoms with E-state index in [-0.39, 0.29) is 21.5 Å². The lowest BCUT2D eigenvalue weighted by Crippen LogP contribution is -2.08. The van der Waals surface area contributed by atoms with Crippen molar-refractivity contribution >= 4 is 37.8 Å². The van der Waals surface area contributed by atoms with E-state index in [0.717, 1.165) is 0 Å². The van der Waals surface area contributed by atoms with Gasteiger partial charge in [-0.05, 0) is 50.9 Å². The number of phenolic OH excluding ortho intramolecular Hbond substituents is 1. The van der Waals surface area contributed by atoms with Crippen LogP contribution in [0, 0.1) is 0 Å². The monoisotopic (exact) mass is 350 g/mol. The minimum atomic E-state index is -0.679. The first-order valence-electron chi connectivity index (χ1n) is 4.14. The molecule has 0 bridgehead atoms. The van der Waals surface area contributed by atoms with Crippen LogP contribution in [-0.2, 0) is 9.68 Å². The molecule has 16 heavy (non-hydrogen) atoms.